The van der Waals surface area contributed by atoms with Crippen LogP contribution in [0.3, 0.4) is 0 Å². The van der Waals surface area contributed by atoms with Crippen LogP contribution in [0.4, 0.5) is 5.82 Å². The average Bonchev–Trinajstić information content (AvgIpc) is 3.21. The smallest absolute Gasteiger partial charge is 0.240 e. The summed E-state index contributed by atoms with van der Waals surface area (Å²) in [5, 5.41) is 18.5. The molecule has 3 aromatic rings. The van der Waals surface area contributed by atoms with E-state index < -0.39 is 35.4 Å². The van der Waals surface area contributed by atoms with Gasteiger partial charge in [-0.15, -0.1) is 5.10 Å². The fourth-order valence-electron chi connectivity index (χ4n) is 2.86. The Morgan fingerprint density at radius 1 is 1.20 bits per heavy atom. The minimum absolute atomic E-state index is 0.109. The Bertz CT molecular complexity index is 1290. The normalized spacial score (nSPS) is 12.1. The molecule has 0 bridgehead atoms. The van der Waals surface area contributed by atoms with Crippen LogP contribution in [0, 0.1) is 0 Å². The van der Waals surface area contributed by atoms with E-state index in [1.54, 1.807) is 0 Å². The second-order valence-electron chi connectivity index (χ2n) is 6.03. The first kappa shape index (κ1) is 21.6. The van der Waals surface area contributed by atoms with Gasteiger partial charge in [-0.1, -0.05) is 6.07 Å². The molecule has 0 saturated heterocycles. The third-order valence-electron chi connectivity index (χ3n) is 4.12. The van der Waals surface area contributed by atoms with E-state index in [0.717, 1.165) is 6.07 Å². The molecule has 1 aromatic carbocycles. The highest BCUT2D eigenvalue weighted by Crippen LogP contribution is 2.40. The standard InChI is InChI=1S/C15H18N8O5S2/c1-28-10-6-8(7-19-14(10)17)9-2-3-11(29(24,25)5-4-16)13(30(18,26)27)12(9)15-20-22-23-21-15/h2-3,6-7H,4-5,16H2,1H3,(H2,17,19)(H2,18,26,27)(H,20,21,22,23). The number of tetrazole rings is 1. The number of H-pyrrole nitrogens is 1. The van der Waals surface area contributed by atoms with Crippen LogP contribution >= 0.6 is 0 Å². The number of sulfonamides is 1. The number of ether oxygens (including phenoxy) is 1. The minimum Gasteiger partial charge on any atom is -0.493 e. The van der Waals surface area contributed by atoms with Crippen LogP contribution in [0.15, 0.2) is 34.2 Å². The number of aromatic nitrogens is 5. The summed E-state index contributed by atoms with van der Waals surface area (Å²) in [7, 11) is -7.26. The molecule has 160 valence electrons. The molecule has 0 saturated carbocycles. The number of nitrogens with two attached hydrogens (primary N) is 3. The summed E-state index contributed by atoms with van der Waals surface area (Å²) < 4.78 is 55.6. The topological polar surface area (TPSA) is 223 Å². The van der Waals surface area contributed by atoms with Crippen molar-refractivity contribution in [2.45, 2.75) is 9.79 Å². The van der Waals surface area contributed by atoms with Crippen LogP contribution in [0.25, 0.3) is 22.5 Å². The van der Waals surface area contributed by atoms with E-state index in [0.29, 0.717) is 5.56 Å². The number of methoxy groups -OCH3 is 1. The van der Waals surface area contributed by atoms with Gasteiger partial charge in [-0.2, -0.15) is 0 Å². The van der Waals surface area contributed by atoms with Crippen molar-refractivity contribution in [2.75, 3.05) is 25.1 Å². The largest absolute Gasteiger partial charge is 0.493 e. The lowest BCUT2D eigenvalue weighted by atomic mass is 10.00. The summed E-state index contributed by atoms with van der Waals surface area (Å²) in [5.41, 5.74) is 11.6. The maximum atomic E-state index is 12.7. The van der Waals surface area contributed by atoms with Gasteiger partial charge in [0.25, 0.3) is 0 Å². The van der Waals surface area contributed by atoms with Crippen molar-refractivity contribution in [3.63, 3.8) is 0 Å². The molecule has 13 nitrogen and oxygen atoms in total. The molecule has 0 unspecified atom stereocenters. The molecule has 0 amide bonds. The first-order chi connectivity index (χ1) is 14.1. The zero-order chi connectivity index (χ0) is 22.1. The maximum absolute atomic E-state index is 12.7. The van der Waals surface area contributed by atoms with Crippen molar-refractivity contribution in [1.29, 1.82) is 0 Å². The predicted molar refractivity (Wildman–Crippen MR) is 106 cm³/mol. The summed E-state index contributed by atoms with van der Waals surface area (Å²) >= 11 is 0. The van der Waals surface area contributed by atoms with Gasteiger partial charge in [0.2, 0.25) is 10.0 Å². The summed E-state index contributed by atoms with van der Waals surface area (Å²) in [4.78, 5) is 2.84. The van der Waals surface area contributed by atoms with E-state index >= 15 is 0 Å². The van der Waals surface area contributed by atoms with E-state index in [9.17, 15) is 16.8 Å². The molecule has 0 atom stereocenters. The van der Waals surface area contributed by atoms with E-state index in [-0.39, 0.29) is 35.1 Å². The summed E-state index contributed by atoms with van der Waals surface area (Å²) in [6.45, 7) is -0.216. The maximum Gasteiger partial charge on any atom is 0.240 e. The fraction of sp³-hybridized carbons (Fsp3) is 0.200. The molecule has 0 fully saturated rings. The number of benzene rings is 1. The zero-order valence-corrected chi connectivity index (χ0v) is 17.2. The highest BCUT2D eigenvalue weighted by molar-refractivity contribution is 7.93. The molecule has 0 aliphatic rings. The first-order valence-corrected chi connectivity index (χ1v) is 11.5. The van der Waals surface area contributed by atoms with Crippen LogP contribution in [-0.2, 0) is 19.9 Å². The number of nitrogen functional groups attached to an aromatic ring is 1. The number of pyridine rings is 1. The van der Waals surface area contributed by atoms with Gasteiger partial charge in [0.15, 0.2) is 27.2 Å². The lowest BCUT2D eigenvalue weighted by Crippen LogP contribution is -2.22. The van der Waals surface area contributed by atoms with Crippen LogP contribution in [0.1, 0.15) is 0 Å². The number of primary sulfonamides is 1. The summed E-state index contributed by atoms with van der Waals surface area (Å²) in [6, 6.07) is 4.03. The van der Waals surface area contributed by atoms with Crippen molar-refractivity contribution in [3.8, 4) is 28.3 Å². The van der Waals surface area contributed by atoms with Gasteiger partial charge in [0, 0.05) is 23.9 Å². The van der Waals surface area contributed by atoms with Crippen molar-refractivity contribution < 1.29 is 21.6 Å². The van der Waals surface area contributed by atoms with Crippen LogP contribution in [0.2, 0.25) is 0 Å². The number of sulfone groups is 1. The van der Waals surface area contributed by atoms with E-state index in [4.69, 9.17) is 21.3 Å². The quantitative estimate of drug-likeness (QED) is 0.335. The minimum atomic E-state index is -4.56. The molecule has 0 aliphatic carbocycles. The van der Waals surface area contributed by atoms with Gasteiger partial charge < -0.3 is 16.2 Å². The van der Waals surface area contributed by atoms with Crippen molar-refractivity contribution >= 4 is 25.7 Å². The second kappa shape index (κ2) is 7.94. The molecule has 0 aliphatic heterocycles. The third-order valence-corrected chi connectivity index (χ3v) is 7.03. The van der Waals surface area contributed by atoms with E-state index in [1.165, 1.54) is 25.4 Å². The van der Waals surface area contributed by atoms with Crippen molar-refractivity contribution in [2.24, 2.45) is 10.9 Å². The predicted octanol–water partition coefficient (Wildman–Crippen LogP) is -1.10. The number of anilines is 1. The number of rotatable bonds is 7. The van der Waals surface area contributed by atoms with Gasteiger partial charge in [0.05, 0.1) is 17.8 Å². The molecule has 0 spiro atoms. The van der Waals surface area contributed by atoms with Crippen LogP contribution < -0.4 is 21.3 Å². The van der Waals surface area contributed by atoms with Crippen LogP contribution in [-0.4, -0.2) is 61.9 Å². The van der Waals surface area contributed by atoms with E-state index in [1.807, 2.05) is 0 Å². The molecule has 7 N–H and O–H groups in total. The van der Waals surface area contributed by atoms with Gasteiger partial charge >= 0.3 is 0 Å². The molecular weight excluding hydrogens is 436 g/mol. The summed E-state index contributed by atoms with van der Waals surface area (Å²) in [6.07, 6.45) is 1.36. The fourth-order valence-corrected chi connectivity index (χ4v) is 5.62. The molecule has 0 radical (unpaired) electrons. The summed E-state index contributed by atoms with van der Waals surface area (Å²) in [5.74, 6) is -0.265. The van der Waals surface area contributed by atoms with Crippen molar-refractivity contribution in [1.82, 2.24) is 25.6 Å². The SMILES string of the molecule is COc1cc(-c2ccc(S(=O)(=O)CCN)c(S(N)(=O)=O)c2-c2nnn[nH]2)cnc1N. The highest BCUT2D eigenvalue weighted by Gasteiger charge is 2.31. The number of nitrogens with zero attached hydrogens (tertiary/aromatic N) is 4. The third kappa shape index (κ3) is 3.95. The lowest BCUT2D eigenvalue weighted by molar-refractivity contribution is 0.415. The zero-order valence-electron chi connectivity index (χ0n) is 15.6. The Kier molecular flexibility index (Phi) is 5.71. The Morgan fingerprint density at radius 3 is 2.50 bits per heavy atom. The number of hydrogen-bond donors (Lipinski definition) is 4. The van der Waals surface area contributed by atoms with Crippen LogP contribution in [0.5, 0.6) is 5.75 Å². The Morgan fingerprint density at radius 2 is 1.93 bits per heavy atom. The number of aromatic amines is 1. The second-order valence-corrected chi connectivity index (χ2v) is 9.61. The Hall–Kier alpha value is -3.14. The molecule has 2 aromatic heterocycles. The Labute approximate surface area is 171 Å². The molecule has 2 heterocycles. The number of nitrogens with one attached hydrogen (secondary N) is 1. The molecule has 30 heavy (non-hydrogen) atoms. The van der Waals surface area contributed by atoms with E-state index in [2.05, 4.69) is 25.6 Å². The molecule has 3 rings (SSSR count). The molecule has 15 heteroatoms. The lowest BCUT2D eigenvalue weighted by Gasteiger charge is -2.16. The Balaban J connectivity index is 2.47. The average molecular weight is 454 g/mol. The monoisotopic (exact) mass is 454 g/mol. The van der Waals surface area contributed by atoms with Gasteiger partial charge in [-0.25, -0.2) is 32.1 Å². The van der Waals surface area contributed by atoms with Gasteiger partial charge in [0.1, 0.15) is 4.90 Å². The number of hydrogen-bond acceptors (Lipinski definition) is 11. The van der Waals surface area contributed by atoms with Crippen molar-refractivity contribution in [3.05, 3.63) is 24.4 Å². The van der Waals surface area contributed by atoms with Gasteiger partial charge in [-0.3, -0.25) is 0 Å². The van der Waals surface area contributed by atoms with Gasteiger partial charge in [-0.05, 0) is 28.1 Å². The molecular formula is C15H18N8O5S2. The highest BCUT2D eigenvalue weighted by atomic mass is 32.2. The first-order valence-electron chi connectivity index (χ1n) is 8.26.